The molecule has 1 aliphatic rings. The summed E-state index contributed by atoms with van der Waals surface area (Å²) < 4.78 is 6.20. The third-order valence-corrected chi connectivity index (χ3v) is 5.72. The predicted octanol–water partition coefficient (Wildman–Crippen LogP) is 6.17. The number of hydrogen-bond acceptors (Lipinski definition) is 2. The Morgan fingerprint density at radius 2 is 1.62 bits per heavy atom. The van der Waals surface area contributed by atoms with Gasteiger partial charge in [-0.2, -0.15) is 0 Å². The molecule has 0 amide bonds. The van der Waals surface area contributed by atoms with E-state index in [0.717, 1.165) is 29.0 Å². The molecular formula is C22H29NO. The van der Waals surface area contributed by atoms with Gasteiger partial charge in [-0.25, -0.2) is 0 Å². The van der Waals surface area contributed by atoms with Crippen LogP contribution in [-0.2, 0) is 5.41 Å². The quantitative estimate of drug-likeness (QED) is 0.683. The van der Waals surface area contributed by atoms with E-state index in [9.17, 15) is 0 Å². The summed E-state index contributed by atoms with van der Waals surface area (Å²) in [7, 11) is 0. The fourth-order valence-corrected chi connectivity index (χ4v) is 3.93. The Morgan fingerprint density at radius 3 is 2.25 bits per heavy atom. The van der Waals surface area contributed by atoms with Crippen LogP contribution in [0.3, 0.4) is 0 Å². The van der Waals surface area contributed by atoms with Gasteiger partial charge in [-0.3, -0.25) is 0 Å². The Balaban J connectivity index is 1.82. The van der Waals surface area contributed by atoms with Gasteiger partial charge in [0.15, 0.2) is 0 Å². The maximum absolute atomic E-state index is 6.20. The van der Waals surface area contributed by atoms with Gasteiger partial charge < -0.3 is 10.5 Å². The van der Waals surface area contributed by atoms with Crippen LogP contribution < -0.4 is 10.5 Å². The summed E-state index contributed by atoms with van der Waals surface area (Å²) in [4.78, 5) is 0. The second kappa shape index (κ2) is 6.88. The van der Waals surface area contributed by atoms with Crippen molar-refractivity contribution in [2.24, 2.45) is 11.8 Å². The molecule has 128 valence electrons. The number of nitrogen functional groups attached to an aromatic ring is 1. The van der Waals surface area contributed by atoms with E-state index in [1.165, 1.54) is 31.2 Å². The minimum Gasteiger partial charge on any atom is -0.457 e. The number of nitrogens with two attached hydrogens (primary N) is 1. The fourth-order valence-electron chi connectivity index (χ4n) is 3.93. The van der Waals surface area contributed by atoms with Crippen molar-refractivity contribution in [3.8, 4) is 11.5 Å². The molecule has 0 unspecified atom stereocenters. The third-order valence-electron chi connectivity index (χ3n) is 5.72. The van der Waals surface area contributed by atoms with E-state index >= 15 is 0 Å². The molecule has 2 nitrogen and oxygen atoms in total. The topological polar surface area (TPSA) is 35.2 Å². The molecule has 3 rings (SSSR count). The lowest BCUT2D eigenvalue weighted by Gasteiger charge is -2.40. The van der Waals surface area contributed by atoms with Gasteiger partial charge in [-0.05, 0) is 73.3 Å². The Bertz CT molecular complexity index is 667. The first-order valence-corrected chi connectivity index (χ1v) is 9.11. The summed E-state index contributed by atoms with van der Waals surface area (Å²) in [5.41, 5.74) is 8.07. The molecular weight excluding hydrogens is 294 g/mol. The monoisotopic (exact) mass is 323 g/mol. The summed E-state index contributed by atoms with van der Waals surface area (Å²) >= 11 is 0. The molecule has 2 N–H and O–H groups in total. The van der Waals surface area contributed by atoms with Crippen LogP contribution in [0, 0.1) is 11.8 Å². The summed E-state index contributed by atoms with van der Waals surface area (Å²) in [6.45, 7) is 7.10. The normalized spacial score (nSPS) is 24.1. The number of ether oxygens (including phenoxy) is 1. The first kappa shape index (κ1) is 16.9. The van der Waals surface area contributed by atoms with Crippen LogP contribution >= 0.6 is 0 Å². The minimum atomic E-state index is 0.204. The van der Waals surface area contributed by atoms with Crippen molar-refractivity contribution in [2.45, 2.75) is 51.9 Å². The maximum Gasteiger partial charge on any atom is 0.131 e. The first-order chi connectivity index (χ1) is 11.5. The molecule has 0 aliphatic heterocycles. The highest BCUT2D eigenvalue weighted by Gasteiger charge is 2.35. The molecule has 1 fully saturated rings. The standard InChI is InChI=1S/C22H29NO/c1-16(2)17-12-14-22(3,15-13-17)20-6-4-5-7-21(20)24-19-10-8-18(23)9-11-19/h4-11,16-17H,12-15,23H2,1-3H3. The van der Waals surface area contributed by atoms with Crippen molar-refractivity contribution in [3.05, 3.63) is 54.1 Å². The molecule has 2 heteroatoms. The average Bonchev–Trinajstić information content (AvgIpc) is 2.58. The zero-order chi connectivity index (χ0) is 17.2. The van der Waals surface area contributed by atoms with E-state index < -0.39 is 0 Å². The van der Waals surface area contributed by atoms with Crippen molar-refractivity contribution < 1.29 is 4.74 Å². The van der Waals surface area contributed by atoms with Crippen molar-refractivity contribution >= 4 is 5.69 Å². The van der Waals surface area contributed by atoms with Crippen molar-refractivity contribution in [3.63, 3.8) is 0 Å². The predicted molar refractivity (Wildman–Crippen MR) is 102 cm³/mol. The Labute approximate surface area is 146 Å². The lowest BCUT2D eigenvalue weighted by atomic mass is 9.66. The zero-order valence-corrected chi connectivity index (χ0v) is 15.1. The van der Waals surface area contributed by atoms with E-state index in [1.54, 1.807) is 0 Å². The highest BCUT2D eigenvalue weighted by molar-refractivity contribution is 5.46. The molecule has 2 aromatic rings. The fraction of sp³-hybridized carbons (Fsp3) is 0.455. The molecule has 0 atom stereocenters. The van der Waals surface area contributed by atoms with Crippen LogP contribution in [0.15, 0.2) is 48.5 Å². The number of hydrogen-bond donors (Lipinski definition) is 1. The van der Waals surface area contributed by atoms with Gasteiger partial charge in [0.05, 0.1) is 0 Å². The molecule has 0 bridgehead atoms. The zero-order valence-electron chi connectivity index (χ0n) is 15.1. The highest BCUT2D eigenvalue weighted by Crippen LogP contribution is 2.46. The van der Waals surface area contributed by atoms with Crippen LogP contribution in [0.4, 0.5) is 5.69 Å². The second-order valence-corrected chi connectivity index (χ2v) is 7.81. The molecule has 0 spiro atoms. The van der Waals surface area contributed by atoms with Crippen molar-refractivity contribution in [1.29, 1.82) is 0 Å². The lowest BCUT2D eigenvalue weighted by Crippen LogP contribution is -2.30. The Hall–Kier alpha value is -1.96. The third kappa shape index (κ3) is 3.58. The summed E-state index contributed by atoms with van der Waals surface area (Å²) in [6, 6.07) is 16.1. The summed E-state index contributed by atoms with van der Waals surface area (Å²) in [5, 5.41) is 0. The first-order valence-electron chi connectivity index (χ1n) is 9.11. The van der Waals surface area contributed by atoms with Gasteiger partial charge >= 0.3 is 0 Å². The van der Waals surface area contributed by atoms with Crippen LogP contribution in [0.2, 0.25) is 0 Å². The number of benzene rings is 2. The van der Waals surface area contributed by atoms with Crippen LogP contribution in [0.5, 0.6) is 11.5 Å². The summed E-state index contributed by atoms with van der Waals surface area (Å²) in [5.74, 6) is 3.47. The van der Waals surface area contributed by atoms with E-state index in [-0.39, 0.29) is 5.41 Å². The van der Waals surface area contributed by atoms with Gasteiger partial charge in [0.1, 0.15) is 11.5 Å². The molecule has 0 radical (unpaired) electrons. The Kier molecular flexibility index (Phi) is 4.84. The van der Waals surface area contributed by atoms with E-state index in [0.29, 0.717) is 0 Å². The van der Waals surface area contributed by atoms with E-state index in [2.05, 4.69) is 45.0 Å². The maximum atomic E-state index is 6.20. The number of rotatable bonds is 4. The van der Waals surface area contributed by atoms with Crippen LogP contribution in [0.1, 0.15) is 52.0 Å². The van der Waals surface area contributed by atoms with Gasteiger partial charge in [-0.1, -0.05) is 39.0 Å². The van der Waals surface area contributed by atoms with Gasteiger partial charge in [0.2, 0.25) is 0 Å². The van der Waals surface area contributed by atoms with Crippen LogP contribution in [0.25, 0.3) is 0 Å². The van der Waals surface area contributed by atoms with Gasteiger partial charge in [0, 0.05) is 11.3 Å². The molecule has 2 aromatic carbocycles. The number of para-hydroxylation sites is 1. The van der Waals surface area contributed by atoms with Crippen LogP contribution in [-0.4, -0.2) is 0 Å². The Morgan fingerprint density at radius 1 is 1.00 bits per heavy atom. The molecule has 24 heavy (non-hydrogen) atoms. The smallest absolute Gasteiger partial charge is 0.131 e. The molecule has 0 heterocycles. The highest BCUT2D eigenvalue weighted by atomic mass is 16.5. The largest absolute Gasteiger partial charge is 0.457 e. The second-order valence-electron chi connectivity index (χ2n) is 7.81. The summed E-state index contributed by atoms with van der Waals surface area (Å²) in [6.07, 6.45) is 5.09. The lowest BCUT2D eigenvalue weighted by molar-refractivity contribution is 0.202. The van der Waals surface area contributed by atoms with Crippen molar-refractivity contribution in [2.75, 3.05) is 5.73 Å². The SMILES string of the molecule is CC(C)C1CCC(C)(c2ccccc2Oc2ccc(N)cc2)CC1. The van der Waals surface area contributed by atoms with E-state index in [4.69, 9.17) is 10.5 Å². The minimum absolute atomic E-state index is 0.204. The van der Waals surface area contributed by atoms with Gasteiger partial charge in [-0.15, -0.1) is 0 Å². The van der Waals surface area contributed by atoms with E-state index in [1.807, 2.05) is 24.3 Å². The molecule has 1 saturated carbocycles. The molecule has 1 aliphatic carbocycles. The van der Waals surface area contributed by atoms with Crippen molar-refractivity contribution in [1.82, 2.24) is 0 Å². The number of anilines is 1. The average molecular weight is 323 g/mol. The molecule has 0 saturated heterocycles. The van der Waals surface area contributed by atoms with Gasteiger partial charge in [0.25, 0.3) is 0 Å². The molecule has 0 aromatic heterocycles.